The molecule has 0 aliphatic carbocycles. The standard InChI is InChI=1S/C18H24N4O3/c1-12-2-3-15-16(19-12)20-18(25-15)21-8-5-14(6-9-21)17(24)22-7-4-13(10-22)11-23/h2-3,13-14,23H,4-11H2,1H3. The number of hydrogen-bond donors (Lipinski definition) is 1. The molecule has 7 nitrogen and oxygen atoms in total. The van der Waals surface area contributed by atoms with Gasteiger partial charge in [-0.25, -0.2) is 4.98 Å². The number of nitrogens with zero attached hydrogens (tertiary/aromatic N) is 4. The molecule has 2 aliphatic heterocycles. The molecule has 25 heavy (non-hydrogen) atoms. The van der Waals surface area contributed by atoms with Crippen molar-refractivity contribution in [1.29, 1.82) is 0 Å². The first kappa shape index (κ1) is 16.3. The number of anilines is 1. The number of fused-ring (bicyclic) bond motifs is 1. The van der Waals surface area contributed by atoms with E-state index in [1.54, 1.807) is 0 Å². The molecule has 2 fully saturated rings. The molecule has 1 amide bonds. The molecule has 0 radical (unpaired) electrons. The second kappa shape index (κ2) is 6.63. The first-order valence-electron chi connectivity index (χ1n) is 9.03. The van der Waals surface area contributed by atoms with Gasteiger partial charge in [-0.1, -0.05) is 0 Å². The van der Waals surface area contributed by atoms with Crippen molar-refractivity contribution in [1.82, 2.24) is 14.9 Å². The van der Waals surface area contributed by atoms with Crippen LogP contribution in [0, 0.1) is 18.8 Å². The maximum Gasteiger partial charge on any atom is 0.299 e. The Bertz CT molecular complexity index is 767. The van der Waals surface area contributed by atoms with Crippen LogP contribution in [0.3, 0.4) is 0 Å². The smallest absolute Gasteiger partial charge is 0.299 e. The fourth-order valence-corrected chi connectivity index (χ4v) is 3.79. The molecule has 2 aromatic heterocycles. The number of amides is 1. The summed E-state index contributed by atoms with van der Waals surface area (Å²) in [5, 5.41) is 9.25. The van der Waals surface area contributed by atoms with Crippen molar-refractivity contribution >= 4 is 23.2 Å². The summed E-state index contributed by atoms with van der Waals surface area (Å²) in [7, 11) is 0. The summed E-state index contributed by atoms with van der Waals surface area (Å²) in [5.41, 5.74) is 2.26. The number of likely N-dealkylation sites (tertiary alicyclic amines) is 1. The fourth-order valence-electron chi connectivity index (χ4n) is 3.79. The summed E-state index contributed by atoms with van der Waals surface area (Å²) in [6.07, 6.45) is 2.53. The van der Waals surface area contributed by atoms with E-state index >= 15 is 0 Å². The SMILES string of the molecule is Cc1ccc2oc(N3CCC(C(=O)N4CCC(CO)C4)CC3)nc2n1. The molecule has 7 heteroatoms. The van der Waals surface area contributed by atoms with Crippen LogP contribution >= 0.6 is 0 Å². The minimum absolute atomic E-state index is 0.0680. The van der Waals surface area contributed by atoms with Crippen molar-refractivity contribution in [3.05, 3.63) is 17.8 Å². The van der Waals surface area contributed by atoms with Gasteiger partial charge >= 0.3 is 0 Å². The highest BCUT2D eigenvalue weighted by molar-refractivity contribution is 5.79. The Hall–Kier alpha value is -2.15. The number of aliphatic hydroxyl groups is 1. The molecule has 0 bridgehead atoms. The number of pyridine rings is 1. The lowest BCUT2D eigenvalue weighted by molar-refractivity contribution is -0.135. The first-order chi connectivity index (χ1) is 12.1. The number of aliphatic hydroxyl groups excluding tert-OH is 1. The van der Waals surface area contributed by atoms with Gasteiger partial charge in [-0.2, -0.15) is 4.98 Å². The van der Waals surface area contributed by atoms with Gasteiger partial charge in [0, 0.05) is 50.3 Å². The lowest BCUT2D eigenvalue weighted by atomic mass is 9.95. The van der Waals surface area contributed by atoms with E-state index in [9.17, 15) is 9.90 Å². The number of piperidine rings is 1. The number of aryl methyl sites for hydroxylation is 1. The Morgan fingerprint density at radius 1 is 1.24 bits per heavy atom. The minimum atomic E-state index is 0.0680. The largest absolute Gasteiger partial charge is 0.422 e. The second-order valence-corrected chi connectivity index (χ2v) is 7.15. The number of rotatable bonds is 3. The molecular formula is C18H24N4O3. The van der Waals surface area contributed by atoms with Crippen LogP contribution in [0.5, 0.6) is 0 Å². The van der Waals surface area contributed by atoms with Crippen molar-refractivity contribution in [2.75, 3.05) is 37.7 Å². The zero-order valence-electron chi connectivity index (χ0n) is 14.5. The number of carbonyl (C=O) groups excluding carboxylic acids is 1. The highest BCUT2D eigenvalue weighted by atomic mass is 16.4. The Kier molecular flexibility index (Phi) is 4.33. The van der Waals surface area contributed by atoms with E-state index in [2.05, 4.69) is 14.9 Å². The number of hydrogen-bond acceptors (Lipinski definition) is 6. The molecule has 1 N–H and O–H groups in total. The minimum Gasteiger partial charge on any atom is -0.422 e. The highest BCUT2D eigenvalue weighted by Gasteiger charge is 2.33. The van der Waals surface area contributed by atoms with Gasteiger partial charge in [-0.3, -0.25) is 4.79 Å². The fraction of sp³-hybridized carbons (Fsp3) is 0.611. The summed E-state index contributed by atoms with van der Waals surface area (Å²) in [6, 6.07) is 4.41. The third kappa shape index (κ3) is 3.20. The lowest BCUT2D eigenvalue weighted by Gasteiger charge is -2.32. The molecule has 2 aromatic rings. The van der Waals surface area contributed by atoms with E-state index in [-0.39, 0.29) is 24.3 Å². The van der Waals surface area contributed by atoms with Crippen molar-refractivity contribution in [2.24, 2.45) is 11.8 Å². The molecule has 0 spiro atoms. The second-order valence-electron chi connectivity index (χ2n) is 7.15. The molecule has 2 saturated heterocycles. The third-order valence-electron chi connectivity index (χ3n) is 5.35. The predicted molar refractivity (Wildman–Crippen MR) is 93.3 cm³/mol. The van der Waals surface area contributed by atoms with Crippen LogP contribution in [0.2, 0.25) is 0 Å². The molecule has 1 unspecified atom stereocenters. The number of aromatic nitrogens is 2. The average molecular weight is 344 g/mol. The Morgan fingerprint density at radius 3 is 2.76 bits per heavy atom. The van der Waals surface area contributed by atoms with E-state index in [0.29, 0.717) is 23.8 Å². The maximum absolute atomic E-state index is 12.7. The summed E-state index contributed by atoms with van der Waals surface area (Å²) in [6.45, 7) is 5.11. The van der Waals surface area contributed by atoms with Gasteiger partial charge in [0.1, 0.15) is 0 Å². The van der Waals surface area contributed by atoms with E-state index < -0.39 is 0 Å². The first-order valence-corrected chi connectivity index (χ1v) is 9.03. The normalized spacial score (nSPS) is 22.1. The summed E-state index contributed by atoms with van der Waals surface area (Å²) in [4.78, 5) is 25.6. The predicted octanol–water partition coefficient (Wildman–Crippen LogP) is 1.59. The van der Waals surface area contributed by atoms with E-state index in [1.165, 1.54) is 0 Å². The average Bonchev–Trinajstić information content (AvgIpc) is 3.27. The molecule has 4 rings (SSSR count). The molecule has 134 valence electrons. The van der Waals surface area contributed by atoms with Gasteiger partial charge in [-0.15, -0.1) is 0 Å². The van der Waals surface area contributed by atoms with E-state index in [0.717, 1.165) is 44.6 Å². The summed E-state index contributed by atoms with van der Waals surface area (Å²) < 4.78 is 5.82. The van der Waals surface area contributed by atoms with Crippen LogP contribution in [-0.4, -0.2) is 58.7 Å². The van der Waals surface area contributed by atoms with Gasteiger partial charge < -0.3 is 19.3 Å². The van der Waals surface area contributed by atoms with Gasteiger partial charge in [0.15, 0.2) is 5.58 Å². The Morgan fingerprint density at radius 2 is 2.04 bits per heavy atom. The van der Waals surface area contributed by atoms with Crippen molar-refractivity contribution in [3.8, 4) is 0 Å². The van der Waals surface area contributed by atoms with Gasteiger partial charge in [0.2, 0.25) is 11.6 Å². The quantitative estimate of drug-likeness (QED) is 0.910. The maximum atomic E-state index is 12.7. The van der Waals surface area contributed by atoms with Crippen LogP contribution in [0.25, 0.3) is 11.2 Å². The van der Waals surface area contributed by atoms with Crippen LogP contribution in [-0.2, 0) is 4.79 Å². The van der Waals surface area contributed by atoms with Crippen molar-refractivity contribution in [2.45, 2.75) is 26.2 Å². The highest BCUT2D eigenvalue weighted by Crippen LogP contribution is 2.28. The third-order valence-corrected chi connectivity index (χ3v) is 5.35. The van der Waals surface area contributed by atoms with Gasteiger partial charge in [-0.05, 0) is 38.3 Å². The van der Waals surface area contributed by atoms with Crippen LogP contribution in [0.1, 0.15) is 25.0 Å². The molecule has 0 aromatic carbocycles. The van der Waals surface area contributed by atoms with Gasteiger partial charge in [0.25, 0.3) is 6.01 Å². The molecule has 4 heterocycles. The molecule has 2 aliphatic rings. The molecular weight excluding hydrogens is 320 g/mol. The lowest BCUT2D eigenvalue weighted by Crippen LogP contribution is -2.42. The number of oxazole rings is 1. The van der Waals surface area contributed by atoms with Crippen molar-refractivity contribution < 1.29 is 14.3 Å². The van der Waals surface area contributed by atoms with Crippen molar-refractivity contribution in [3.63, 3.8) is 0 Å². The molecule has 1 atom stereocenters. The molecule has 0 saturated carbocycles. The van der Waals surface area contributed by atoms with Crippen LogP contribution < -0.4 is 4.90 Å². The number of carbonyl (C=O) groups is 1. The van der Waals surface area contributed by atoms with Gasteiger partial charge in [0.05, 0.1) is 0 Å². The van der Waals surface area contributed by atoms with E-state index in [1.807, 2.05) is 24.0 Å². The van der Waals surface area contributed by atoms with E-state index in [4.69, 9.17) is 4.42 Å². The summed E-state index contributed by atoms with van der Waals surface area (Å²) >= 11 is 0. The zero-order chi connectivity index (χ0) is 17.4. The monoisotopic (exact) mass is 344 g/mol. The van der Waals surface area contributed by atoms with Crippen LogP contribution in [0.15, 0.2) is 16.5 Å². The van der Waals surface area contributed by atoms with Crippen LogP contribution in [0.4, 0.5) is 6.01 Å². The zero-order valence-corrected chi connectivity index (χ0v) is 14.5. The summed E-state index contributed by atoms with van der Waals surface area (Å²) in [5.74, 6) is 0.559. The Balaban J connectivity index is 1.38. The Labute approximate surface area is 146 Å². The topological polar surface area (TPSA) is 82.7 Å².